The average Bonchev–Trinajstić information content (AvgIpc) is 2.98. The second kappa shape index (κ2) is 9.12. The van der Waals surface area contributed by atoms with E-state index in [1.807, 2.05) is 36.4 Å². The van der Waals surface area contributed by atoms with Gasteiger partial charge in [-0.1, -0.05) is 31.2 Å². The highest BCUT2D eigenvalue weighted by atomic mass is 32.1. The summed E-state index contributed by atoms with van der Waals surface area (Å²) in [6.45, 7) is 3.80. The van der Waals surface area contributed by atoms with E-state index in [0.717, 1.165) is 27.1 Å². The number of methoxy groups -OCH3 is 1. The molecule has 0 atom stereocenters. The molecule has 0 aliphatic carbocycles. The topological polar surface area (TPSA) is 46.5 Å². The van der Waals surface area contributed by atoms with Gasteiger partial charge in [-0.15, -0.1) is 11.3 Å². The Labute approximate surface area is 168 Å². The van der Waals surface area contributed by atoms with Crippen LogP contribution in [0.3, 0.4) is 0 Å². The van der Waals surface area contributed by atoms with E-state index >= 15 is 0 Å². The molecule has 0 aliphatic heterocycles. The maximum absolute atomic E-state index is 12.6. The van der Waals surface area contributed by atoms with Crippen LogP contribution in [0.4, 0.5) is 5.69 Å². The van der Waals surface area contributed by atoms with Crippen LogP contribution in [0.5, 0.6) is 5.75 Å². The highest BCUT2D eigenvalue weighted by molar-refractivity contribution is 7.73. The predicted molar refractivity (Wildman–Crippen MR) is 114 cm³/mol. The van der Waals surface area contributed by atoms with Crippen LogP contribution in [0.25, 0.3) is 10.2 Å². The summed E-state index contributed by atoms with van der Waals surface area (Å²) in [7, 11) is 1.60. The fourth-order valence-corrected chi connectivity index (χ4v) is 4.31. The van der Waals surface area contributed by atoms with Crippen molar-refractivity contribution in [2.45, 2.75) is 20.0 Å². The van der Waals surface area contributed by atoms with Crippen LogP contribution in [-0.2, 0) is 11.5 Å². The molecule has 0 saturated heterocycles. The number of rotatable bonds is 8. The van der Waals surface area contributed by atoms with E-state index in [0.29, 0.717) is 18.1 Å². The fraction of sp³-hybridized carbons (Fsp3) is 0.300. The molecule has 1 N–H and O–H groups in total. The maximum atomic E-state index is 12.6. The molecule has 0 fully saturated rings. The van der Waals surface area contributed by atoms with Crippen LogP contribution in [-0.4, -0.2) is 35.6 Å². The predicted octanol–water partition coefficient (Wildman–Crippen LogP) is 4.75. The largest absolute Gasteiger partial charge is 0.495 e. The number of thiazole rings is 1. The molecule has 0 aliphatic rings. The molecular formula is C20H23N3O2S2. The van der Waals surface area contributed by atoms with E-state index in [-0.39, 0.29) is 12.5 Å². The number of carbonyl (C=O) groups excluding carboxylic acids is 1. The Hall–Kier alpha value is -2.22. The van der Waals surface area contributed by atoms with E-state index in [1.165, 1.54) is 0 Å². The van der Waals surface area contributed by atoms with Crippen molar-refractivity contribution in [1.29, 1.82) is 0 Å². The smallest absolute Gasteiger partial charge is 0.238 e. The minimum atomic E-state index is -0.0704. The first kappa shape index (κ1) is 19.5. The number of para-hydroxylation sites is 3. The monoisotopic (exact) mass is 401 g/mol. The van der Waals surface area contributed by atoms with Gasteiger partial charge in [0, 0.05) is 6.54 Å². The van der Waals surface area contributed by atoms with Crippen molar-refractivity contribution in [3.63, 3.8) is 0 Å². The van der Waals surface area contributed by atoms with Crippen molar-refractivity contribution in [2.75, 3.05) is 25.5 Å². The molecule has 27 heavy (non-hydrogen) atoms. The molecule has 142 valence electrons. The normalized spacial score (nSPS) is 11.1. The Morgan fingerprint density at radius 1 is 1.22 bits per heavy atom. The number of benzene rings is 2. The molecule has 0 bridgehead atoms. The van der Waals surface area contributed by atoms with Crippen molar-refractivity contribution < 1.29 is 9.53 Å². The van der Waals surface area contributed by atoms with Crippen molar-refractivity contribution in [3.05, 3.63) is 52.5 Å². The lowest BCUT2D eigenvalue weighted by Gasteiger charge is -2.22. The molecule has 3 rings (SSSR count). The van der Waals surface area contributed by atoms with Gasteiger partial charge < -0.3 is 14.6 Å². The van der Waals surface area contributed by atoms with Gasteiger partial charge in [0.2, 0.25) is 5.91 Å². The lowest BCUT2D eigenvalue weighted by atomic mass is 10.3. The van der Waals surface area contributed by atoms with Crippen molar-refractivity contribution in [1.82, 2.24) is 9.47 Å². The molecule has 2 aromatic carbocycles. The number of amides is 1. The third-order valence-electron chi connectivity index (χ3n) is 4.20. The molecular weight excluding hydrogens is 378 g/mol. The highest BCUT2D eigenvalue weighted by Gasteiger charge is 2.14. The van der Waals surface area contributed by atoms with Crippen LogP contribution in [0.2, 0.25) is 0 Å². The van der Waals surface area contributed by atoms with Crippen LogP contribution in [0.1, 0.15) is 13.3 Å². The fourth-order valence-electron chi connectivity index (χ4n) is 3.00. The summed E-state index contributed by atoms with van der Waals surface area (Å²) in [6.07, 6.45) is 0.956. The number of anilines is 1. The third kappa shape index (κ3) is 4.74. The Balaban J connectivity index is 1.74. The molecule has 3 aromatic rings. The standard InChI is InChI=1S/C20H23N3O2S2/c1-3-12-22(13-19(24)21-15-8-4-6-10-17(15)25-2)14-23-16-9-5-7-11-18(16)27-20(23)26/h4-11H,3,12-14H2,1-2H3,(H,21,24). The summed E-state index contributed by atoms with van der Waals surface area (Å²) in [5.41, 5.74) is 1.79. The van der Waals surface area contributed by atoms with E-state index in [2.05, 4.69) is 33.8 Å². The van der Waals surface area contributed by atoms with Gasteiger partial charge in [0.05, 0.1) is 36.2 Å². The molecule has 5 nitrogen and oxygen atoms in total. The third-order valence-corrected chi connectivity index (χ3v) is 5.63. The highest BCUT2D eigenvalue weighted by Crippen LogP contribution is 2.24. The summed E-state index contributed by atoms with van der Waals surface area (Å²) in [5.74, 6) is 0.581. The Morgan fingerprint density at radius 2 is 1.96 bits per heavy atom. The van der Waals surface area contributed by atoms with Gasteiger partial charge in [0.25, 0.3) is 0 Å². The van der Waals surface area contributed by atoms with E-state index in [1.54, 1.807) is 18.4 Å². The Bertz CT molecular complexity index is 981. The zero-order valence-electron chi connectivity index (χ0n) is 15.5. The summed E-state index contributed by atoms with van der Waals surface area (Å²) >= 11 is 7.14. The molecule has 7 heteroatoms. The average molecular weight is 402 g/mol. The van der Waals surface area contributed by atoms with Gasteiger partial charge in [-0.3, -0.25) is 9.69 Å². The quantitative estimate of drug-likeness (QED) is 0.554. The van der Waals surface area contributed by atoms with Crippen molar-refractivity contribution in [3.8, 4) is 5.75 Å². The molecule has 1 amide bonds. The molecule has 1 heterocycles. The zero-order chi connectivity index (χ0) is 19.2. The number of ether oxygens (including phenoxy) is 1. The van der Waals surface area contributed by atoms with E-state index in [4.69, 9.17) is 17.0 Å². The molecule has 1 aromatic heterocycles. The number of hydrogen-bond acceptors (Lipinski definition) is 5. The summed E-state index contributed by atoms with van der Waals surface area (Å²) in [5, 5.41) is 2.94. The molecule has 0 spiro atoms. The van der Waals surface area contributed by atoms with E-state index in [9.17, 15) is 4.79 Å². The first-order valence-corrected chi connectivity index (χ1v) is 10.1. The molecule has 0 saturated carbocycles. The van der Waals surface area contributed by atoms with Crippen LogP contribution in [0.15, 0.2) is 48.5 Å². The van der Waals surface area contributed by atoms with Gasteiger partial charge >= 0.3 is 0 Å². The van der Waals surface area contributed by atoms with Gasteiger partial charge in [0.1, 0.15) is 5.75 Å². The van der Waals surface area contributed by atoms with Gasteiger partial charge in [-0.25, -0.2) is 0 Å². The van der Waals surface area contributed by atoms with Crippen LogP contribution in [0, 0.1) is 3.95 Å². The summed E-state index contributed by atoms with van der Waals surface area (Å²) in [4.78, 5) is 14.7. The number of fused-ring (bicyclic) bond motifs is 1. The molecule has 0 unspecified atom stereocenters. The Morgan fingerprint density at radius 3 is 2.74 bits per heavy atom. The minimum absolute atomic E-state index is 0.0704. The van der Waals surface area contributed by atoms with Gasteiger partial charge in [-0.05, 0) is 42.9 Å². The zero-order valence-corrected chi connectivity index (χ0v) is 17.1. The van der Waals surface area contributed by atoms with Crippen molar-refractivity contribution >= 4 is 45.4 Å². The van der Waals surface area contributed by atoms with E-state index < -0.39 is 0 Å². The number of nitrogens with zero attached hydrogens (tertiary/aromatic N) is 2. The SMILES string of the molecule is CCCN(CC(=O)Nc1ccccc1OC)Cn1c(=S)sc2ccccc21. The van der Waals surface area contributed by atoms with Crippen molar-refractivity contribution in [2.24, 2.45) is 0 Å². The lowest BCUT2D eigenvalue weighted by molar-refractivity contribution is -0.117. The second-order valence-corrected chi connectivity index (χ2v) is 7.88. The summed E-state index contributed by atoms with van der Waals surface area (Å²) in [6, 6.07) is 15.6. The first-order chi connectivity index (χ1) is 13.1. The lowest BCUT2D eigenvalue weighted by Crippen LogP contribution is -2.35. The maximum Gasteiger partial charge on any atom is 0.238 e. The molecule has 0 radical (unpaired) electrons. The number of aromatic nitrogens is 1. The second-order valence-electron chi connectivity index (χ2n) is 6.21. The van der Waals surface area contributed by atoms with Crippen LogP contribution >= 0.6 is 23.6 Å². The van der Waals surface area contributed by atoms with Gasteiger partial charge in [0.15, 0.2) is 3.95 Å². The number of hydrogen-bond donors (Lipinski definition) is 1. The van der Waals surface area contributed by atoms with Gasteiger partial charge in [-0.2, -0.15) is 0 Å². The number of carbonyl (C=O) groups is 1. The Kier molecular flexibility index (Phi) is 6.60. The minimum Gasteiger partial charge on any atom is -0.495 e. The number of nitrogens with one attached hydrogen (secondary N) is 1. The van der Waals surface area contributed by atoms with Crippen LogP contribution < -0.4 is 10.1 Å². The first-order valence-electron chi connectivity index (χ1n) is 8.86. The summed E-state index contributed by atoms with van der Waals surface area (Å²) < 4.78 is 9.39.